The molecule has 11 heteroatoms. The second kappa shape index (κ2) is 13.3. The number of amides is 1. The molecule has 2 aliphatic rings. The molecule has 0 saturated carbocycles. The van der Waals surface area contributed by atoms with Crippen LogP contribution >= 0.6 is 0 Å². The van der Waals surface area contributed by atoms with E-state index in [2.05, 4.69) is 28.9 Å². The van der Waals surface area contributed by atoms with Crippen molar-refractivity contribution >= 4 is 22.6 Å². The highest BCUT2D eigenvalue weighted by Crippen LogP contribution is 2.29. The fourth-order valence-electron chi connectivity index (χ4n) is 5.00. The van der Waals surface area contributed by atoms with Gasteiger partial charge in [0.05, 0.1) is 61.5 Å². The molecular formula is C30H33F2N7O2. The number of ether oxygens (including phenoxy) is 1. The quantitative estimate of drug-likeness (QED) is 0.342. The fourth-order valence-corrected chi connectivity index (χ4v) is 5.00. The van der Waals surface area contributed by atoms with Crippen molar-refractivity contribution in [2.24, 2.45) is 0 Å². The van der Waals surface area contributed by atoms with Gasteiger partial charge < -0.3 is 15.0 Å². The van der Waals surface area contributed by atoms with Crippen LogP contribution in [0.2, 0.25) is 0 Å². The van der Waals surface area contributed by atoms with E-state index in [0.717, 1.165) is 22.0 Å². The van der Waals surface area contributed by atoms with E-state index in [9.17, 15) is 13.6 Å². The first kappa shape index (κ1) is 29.6. The summed E-state index contributed by atoms with van der Waals surface area (Å²) in [6, 6.07) is 11.4. The average molecular weight is 562 g/mol. The second-order valence-corrected chi connectivity index (χ2v) is 9.54. The largest absolute Gasteiger partial charge is 0.376 e. The van der Waals surface area contributed by atoms with Gasteiger partial charge in [-0.3, -0.25) is 14.5 Å². The van der Waals surface area contributed by atoms with Crippen LogP contribution in [0.3, 0.4) is 0 Å². The molecule has 0 fully saturated rings. The molecule has 0 radical (unpaired) electrons. The Kier molecular flexibility index (Phi) is 9.57. The van der Waals surface area contributed by atoms with Crippen LogP contribution in [0.4, 0.5) is 14.6 Å². The topological polar surface area (TPSA) is 109 Å². The maximum absolute atomic E-state index is 13.4. The zero-order valence-electron chi connectivity index (χ0n) is 23.3. The SMILES string of the molecule is C#N.CC.CC1COCc2ccc(C(=O)NCc3cc4nc(N5CCn6ncc(C(F)F)c6C5)ccc4cn3)cc21. The third kappa shape index (κ3) is 6.33. The third-order valence-electron chi connectivity index (χ3n) is 7.07. The summed E-state index contributed by atoms with van der Waals surface area (Å²) in [5, 5.41) is 14.4. The van der Waals surface area contributed by atoms with Crippen LogP contribution in [0.1, 0.15) is 71.6 Å². The van der Waals surface area contributed by atoms with Crippen molar-refractivity contribution in [1.29, 1.82) is 5.26 Å². The summed E-state index contributed by atoms with van der Waals surface area (Å²) < 4.78 is 34.0. The lowest BCUT2D eigenvalue weighted by Gasteiger charge is -2.29. The molecule has 6 rings (SSSR count). The summed E-state index contributed by atoms with van der Waals surface area (Å²) >= 11 is 0. The Balaban J connectivity index is 0.000000929. The molecule has 3 aromatic heterocycles. The van der Waals surface area contributed by atoms with E-state index in [0.29, 0.717) is 55.6 Å². The normalized spacial score (nSPS) is 15.6. The van der Waals surface area contributed by atoms with E-state index >= 15 is 0 Å². The number of alkyl halides is 2. The number of halogens is 2. The number of pyridine rings is 2. The van der Waals surface area contributed by atoms with E-state index in [1.165, 1.54) is 6.20 Å². The van der Waals surface area contributed by atoms with Crippen LogP contribution in [0.15, 0.2) is 48.8 Å². The predicted molar refractivity (Wildman–Crippen MR) is 151 cm³/mol. The molecule has 41 heavy (non-hydrogen) atoms. The van der Waals surface area contributed by atoms with E-state index < -0.39 is 6.43 Å². The summed E-state index contributed by atoms with van der Waals surface area (Å²) in [5.74, 6) is 0.791. The lowest BCUT2D eigenvalue weighted by Crippen LogP contribution is -2.34. The maximum atomic E-state index is 13.4. The number of carbonyl (C=O) groups is 1. The molecule has 0 saturated heterocycles. The van der Waals surface area contributed by atoms with Gasteiger partial charge in [-0.25, -0.2) is 19.0 Å². The summed E-state index contributed by atoms with van der Waals surface area (Å²) in [6.45, 7) is 12.5. The first-order valence-corrected chi connectivity index (χ1v) is 13.5. The Morgan fingerprint density at radius 2 is 1.98 bits per heavy atom. The number of nitrogens with one attached hydrogen (secondary N) is 1. The monoisotopic (exact) mass is 561 g/mol. The van der Waals surface area contributed by atoms with Crippen LogP contribution in [0.5, 0.6) is 0 Å². The molecule has 1 N–H and O–H groups in total. The zero-order valence-corrected chi connectivity index (χ0v) is 23.3. The summed E-state index contributed by atoms with van der Waals surface area (Å²) in [6.07, 6.45) is 0.424. The molecule has 9 nitrogen and oxygen atoms in total. The number of nitrogens with zero attached hydrogens (tertiary/aromatic N) is 6. The van der Waals surface area contributed by atoms with Crippen molar-refractivity contribution in [2.75, 3.05) is 18.1 Å². The number of anilines is 1. The second-order valence-electron chi connectivity index (χ2n) is 9.54. The van der Waals surface area contributed by atoms with Gasteiger partial charge in [0.15, 0.2) is 0 Å². The van der Waals surface area contributed by atoms with E-state index in [1.54, 1.807) is 10.9 Å². The van der Waals surface area contributed by atoms with Gasteiger partial charge in [0.1, 0.15) is 5.82 Å². The van der Waals surface area contributed by atoms with Crippen molar-refractivity contribution in [3.8, 4) is 6.57 Å². The highest BCUT2D eigenvalue weighted by molar-refractivity contribution is 5.94. The van der Waals surface area contributed by atoms with Crippen LogP contribution in [-0.4, -0.2) is 38.8 Å². The zero-order chi connectivity index (χ0) is 29.5. The number of nitriles is 1. The molecule has 0 aliphatic carbocycles. The van der Waals surface area contributed by atoms with Crippen molar-refractivity contribution < 1.29 is 18.3 Å². The van der Waals surface area contributed by atoms with Gasteiger partial charge in [0, 0.05) is 36.2 Å². The molecule has 0 bridgehead atoms. The van der Waals surface area contributed by atoms with Gasteiger partial charge in [0.25, 0.3) is 12.3 Å². The summed E-state index contributed by atoms with van der Waals surface area (Å²) in [5.41, 5.74) is 4.79. The van der Waals surface area contributed by atoms with Crippen molar-refractivity contribution in [3.05, 3.63) is 82.4 Å². The molecule has 1 aromatic carbocycles. The Hall–Kier alpha value is -4.43. The number of benzene rings is 1. The minimum atomic E-state index is -2.56. The molecule has 1 amide bonds. The average Bonchev–Trinajstić information content (AvgIpc) is 3.45. The van der Waals surface area contributed by atoms with Crippen LogP contribution < -0.4 is 10.2 Å². The van der Waals surface area contributed by atoms with E-state index in [-0.39, 0.29) is 23.9 Å². The van der Waals surface area contributed by atoms with Gasteiger partial charge in [-0.1, -0.05) is 26.8 Å². The lowest BCUT2D eigenvalue weighted by atomic mass is 9.92. The number of rotatable bonds is 5. The molecular weight excluding hydrogens is 528 g/mol. The highest BCUT2D eigenvalue weighted by atomic mass is 19.3. The highest BCUT2D eigenvalue weighted by Gasteiger charge is 2.25. The number of hydrogen-bond donors (Lipinski definition) is 1. The van der Waals surface area contributed by atoms with Gasteiger partial charge in [-0.15, -0.1) is 0 Å². The third-order valence-corrected chi connectivity index (χ3v) is 7.07. The lowest BCUT2D eigenvalue weighted by molar-refractivity contribution is 0.0931. The fraction of sp³-hybridized carbons (Fsp3) is 0.367. The molecule has 214 valence electrons. The Bertz CT molecular complexity index is 1540. The van der Waals surface area contributed by atoms with Crippen LogP contribution in [0, 0.1) is 11.8 Å². The summed E-state index contributed by atoms with van der Waals surface area (Å²) in [7, 11) is 0. The van der Waals surface area contributed by atoms with Crippen molar-refractivity contribution in [3.63, 3.8) is 0 Å². The molecule has 5 heterocycles. The number of hydrogen-bond acceptors (Lipinski definition) is 7. The maximum Gasteiger partial charge on any atom is 0.267 e. The van der Waals surface area contributed by atoms with Gasteiger partial charge in [-0.2, -0.15) is 5.10 Å². The first-order valence-electron chi connectivity index (χ1n) is 13.5. The molecule has 0 spiro atoms. The van der Waals surface area contributed by atoms with Crippen molar-refractivity contribution in [1.82, 2.24) is 25.1 Å². The summed E-state index contributed by atoms with van der Waals surface area (Å²) in [4.78, 5) is 24.1. The number of carbonyl (C=O) groups excluding carboxylic acids is 1. The number of fused-ring (bicyclic) bond motifs is 3. The standard InChI is InChI=1S/C27H26F2N6O2.C2H6.CHN/c1-16-14-37-15-19-3-2-17(8-21(16)19)27(36)31-11-20-9-23-18(10-30-20)4-5-25(33-23)34-6-7-35-24(13-34)22(12-32-35)26(28)29;2*1-2/h2-5,8-10,12,16,26H,6-7,11,13-15H2,1H3,(H,31,36);1-2H3;1H. The van der Waals surface area contributed by atoms with Gasteiger partial charge in [-0.05, 0) is 41.5 Å². The smallest absolute Gasteiger partial charge is 0.267 e. The predicted octanol–water partition coefficient (Wildman–Crippen LogP) is 5.51. The van der Waals surface area contributed by atoms with Gasteiger partial charge in [0.2, 0.25) is 0 Å². The van der Waals surface area contributed by atoms with E-state index in [1.807, 2.05) is 55.1 Å². The van der Waals surface area contributed by atoms with Crippen LogP contribution in [0.25, 0.3) is 10.9 Å². The number of aromatic nitrogens is 4. The molecule has 1 unspecified atom stereocenters. The molecule has 4 aromatic rings. The van der Waals surface area contributed by atoms with E-state index in [4.69, 9.17) is 15.0 Å². The van der Waals surface area contributed by atoms with Crippen molar-refractivity contribution in [2.45, 2.75) is 59.4 Å². The minimum absolute atomic E-state index is 0.0329. The minimum Gasteiger partial charge on any atom is -0.376 e. The first-order chi connectivity index (χ1) is 20.0. The Morgan fingerprint density at radius 3 is 2.76 bits per heavy atom. The Morgan fingerprint density at radius 1 is 1.17 bits per heavy atom. The van der Waals surface area contributed by atoms with Gasteiger partial charge >= 0.3 is 0 Å². The molecule has 1 atom stereocenters. The molecule has 2 aliphatic heterocycles. The Labute approximate surface area is 237 Å². The van der Waals surface area contributed by atoms with Crippen LogP contribution in [-0.2, 0) is 31.0 Å².